The van der Waals surface area contributed by atoms with E-state index in [9.17, 15) is 5.11 Å². The maximum atomic E-state index is 9.72. The van der Waals surface area contributed by atoms with Gasteiger partial charge in [0.1, 0.15) is 0 Å². The molecule has 2 heterocycles. The van der Waals surface area contributed by atoms with E-state index in [1.54, 1.807) is 11.3 Å². The first-order valence-corrected chi connectivity index (χ1v) is 5.60. The van der Waals surface area contributed by atoms with Crippen LogP contribution in [0.3, 0.4) is 0 Å². The lowest BCUT2D eigenvalue weighted by atomic mass is 10.1. The van der Waals surface area contributed by atoms with Crippen LogP contribution in [0.5, 0.6) is 0 Å². The van der Waals surface area contributed by atoms with Crippen molar-refractivity contribution in [2.24, 2.45) is 0 Å². The Hall–Kier alpha value is -0.780. The number of nitrogens with zero attached hydrogens (tertiary/aromatic N) is 2. The minimum Gasteiger partial charge on any atom is -0.388 e. The molecule has 0 fully saturated rings. The van der Waals surface area contributed by atoms with Crippen molar-refractivity contribution in [1.82, 2.24) is 9.59 Å². The standard InChI is InChI=1S/C8H8N2OS2/c11-8(6-1-2-12-4-6)3-7-5-13-10-9-7/h1-2,4-5,8,11H,3H2. The van der Waals surface area contributed by atoms with Crippen molar-refractivity contribution in [2.75, 3.05) is 0 Å². The van der Waals surface area contributed by atoms with Crippen LogP contribution >= 0.6 is 22.9 Å². The number of thiophene rings is 1. The van der Waals surface area contributed by atoms with Gasteiger partial charge >= 0.3 is 0 Å². The molecule has 1 N–H and O–H groups in total. The summed E-state index contributed by atoms with van der Waals surface area (Å²) in [6.07, 6.45) is 0.0999. The summed E-state index contributed by atoms with van der Waals surface area (Å²) in [6.45, 7) is 0. The summed E-state index contributed by atoms with van der Waals surface area (Å²) in [5, 5.41) is 19.4. The molecule has 0 bridgehead atoms. The lowest BCUT2D eigenvalue weighted by Crippen LogP contribution is -2.00. The zero-order chi connectivity index (χ0) is 9.10. The van der Waals surface area contributed by atoms with Crippen LogP contribution in [-0.2, 0) is 6.42 Å². The summed E-state index contributed by atoms with van der Waals surface area (Å²) in [7, 11) is 0. The van der Waals surface area contributed by atoms with Gasteiger partial charge in [0.2, 0.25) is 0 Å². The Bertz CT molecular complexity index is 344. The normalized spacial score (nSPS) is 13.0. The number of aliphatic hydroxyl groups is 1. The molecule has 0 aliphatic rings. The van der Waals surface area contributed by atoms with Gasteiger partial charge in [0.05, 0.1) is 11.8 Å². The third-order valence-corrected chi connectivity index (χ3v) is 2.99. The Balaban J connectivity index is 2.04. The smallest absolute Gasteiger partial charge is 0.0854 e. The van der Waals surface area contributed by atoms with Crippen molar-refractivity contribution in [2.45, 2.75) is 12.5 Å². The van der Waals surface area contributed by atoms with E-state index in [1.807, 2.05) is 22.2 Å². The van der Waals surface area contributed by atoms with Crippen molar-refractivity contribution in [3.8, 4) is 0 Å². The average Bonchev–Trinajstić information content (AvgIpc) is 2.74. The molecule has 0 aliphatic heterocycles. The highest BCUT2D eigenvalue weighted by Crippen LogP contribution is 2.19. The Morgan fingerprint density at radius 2 is 2.38 bits per heavy atom. The van der Waals surface area contributed by atoms with Gasteiger partial charge in [-0.2, -0.15) is 11.3 Å². The van der Waals surface area contributed by atoms with Crippen LogP contribution in [0.1, 0.15) is 17.4 Å². The van der Waals surface area contributed by atoms with E-state index in [-0.39, 0.29) is 0 Å². The number of aromatic nitrogens is 2. The van der Waals surface area contributed by atoms with Gasteiger partial charge < -0.3 is 5.11 Å². The van der Waals surface area contributed by atoms with Crippen LogP contribution in [0.15, 0.2) is 22.2 Å². The minimum absolute atomic E-state index is 0.449. The molecular formula is C8H8N2OS2. The number of aliphatic hydroxyl groups excluding tert-OH is 1. The molecule has 2 aromatic rings. The second kappa shape index (κ2) is 3.95. The average molecular weight is 212 g/mol. The molecule has 13 heavy (non-hydrogen) atoms. The van der Waals surface area contributed by atoms with E-state index in [1.165, 1.54) is 11.5 Å². The van der Waals surface area contributed by atoms with Crippen molar-refractivity contribution in [1.29, 1.82) is 0 Å². The van der Waals surface area contributed by atoms with Crippen molar-refractivity contribution in [3.05, 3.63) is 33.5 Å². The molecule has 0 aliphatic carbocycles. The lowest BCUT2D eigenvalue weighted by molar-refractivity contribution is 0.177. The van der Waals surface area contributed by atoms with E-state index in [4.69, 9.17) is 0 Å². The Morgan fingerprint density at radius 1 is 1.46 bits per heavy atom. The molecule has 0 amide bonds. The molecule has 5 heteroatoms. The van der Waals surface area contributed by atoms with Gasteiger partial charge in [-0.05, 0) is 33.9 Å². The molecule has 0 aromatic carbocycles. The predicted molar refractivity (Wildman–Crippen MR) is 52.9 cm³/mol. The molecule has 0 saturated heterocycles. The zero-order valence-electron chi connectivity index (χ0n) is 6.75. The molecule has 2 rings (SSSR count). The Morgan fingerprint density at radius 3 is 3.00 bits per heavy atom. The fraction of sp³-hybridized carbons (Fsp3) is 0.250. The van der Waals surface area contributed by atoms with Crippen LogP contribution < -0.4 is 0 Å². The van der Waals surface area contributed by atoms with E-state index < -0.39 is 6.10 Å². The minimum atomic E-state index is -0.449. The largest absolute Gasteiger partial charge is 0.388 e. The van der Waals surface area contributed by atoms with Crippen LogP contribution in [0.25, 0.3) is 0 Å². The summed E-state index contributed by atoms with van der Waals surface area (Å²) < 4.78 is 3.74. The fourth-order valence-corrected chi connectivity index (χ4v) is 2.22. The highest BCUT2D eigenvalue weighted by molar-refractivity contribution is 7.08. The van der Waals surface area contributed by atoms with Crippen LogP contribution in [0, 0.1) is 0 Å². The second-order valence-corrected chi connectivity index (χ2v) is 4.06. The zero-order valence-corrected chi connectivity index (χ0v) is 8.38. The van der Waals surface area contributed by atoms with Crippen LogP contribution in [0.4, 0.5) is 0 Å². The van der Waals surface area contributed by atoms with Crippen molar-refractivity contribution in [3.63, 3.8) is 0 Å². The predicted octanol–water partition coefficient (Wildman–Crippen LogP) is 1.88. The Kier molecular flexibility index (Phi) is 2.68. The topological polar surface area (TPSA) is 46.0 Å². The second-order valence-electron chi connectivity index (χ2n) is 2.67. The SMILES string of the molecule is OC(Cc1csnn1)c1ccsc1. The van der Waals surface area contributed by atoms with Crippen LogP contribution in [-0.4, -0.2) is 14.7 Å². The Labute approximate surface area is 83.8 Å². The molecule has 68 valence electrons. The van der Waals surface area contributed by atoms with Gasteiger partial charge in [0.25, 0.3) is 0 Å². The fourth-order valence-electron chi connectivity index (χ4n) is 1.05. The van der Waals surface area contributed by atoms with Crippen molar-refractivity contribution < 1.29 is 5.11 Å². The summed E-state index contributed by atoms with van der Waals surface area (Å²) in [4.78, 5) is 0. The van der Waals surface area contributed by atoms with Gasteiger partial charge in [-0.3, -0.25) is 0 Å². The number of rotatable bonds is 3. The molecule has 0 spiro atoms. The van der Waals surface area contributed by atoms with Gasteiger partial charge in [-0.25, -0.2) is 0 Å². The third-order valence-electron chi connectivity index (χ3n) is 1.74. The first kappa shape index (κ1) is 8.80. The first-order valence-electron chi connectivity index (χ1n) is 3.82. The van der Waals surface area contributed by atoms with Gasteiger partial charge in [0.15, 0.2) is 0 Å². The molecule has 2 aromatic heterocycles. The van der Waals surface area contributed by atoms with E-state index in [0.717, 1.165) is 11.3 Å². The molecule has 0 radical (unpaired) electrons. The highest BCUT2D eigenvalue weighted by atomic mass is 32.1. The van der Waals surface area contributed by atoms with Gasteiger partial charge in [-0.1, -0.05) is 4.49 Å². The van der Waals surface area contributed by atoms with Crippen LogP contribution in [0.2, 0.25) is 0 Å². The summed E-state index contributed by atoms with van der Waals surface area (Å²) in [5.74, 6) is 0. The van der Waals surface area contributed by atoms with E-state index in [2.05, 4.69) is 9.59 Å². The maximum Gasteiger partial charge on any atom is 0.0854 e. The summed E-state index contributed by atoms with van der Waals surface area (Å²) in [6, 6.07) is 1.93. The molecule has 3 nitrogen and oxygen atoms in total. The number of hydrogen-bond donors (Lipinski definition) is 1. The lowest BCUT2D eigenvalue weighted by Gasteiger charge is -2.04. The summed E-state index contributed by atoms with van der Waals surface area (Å²) in [5.41, 5.74) is 1.81. The highest BCUT2D eigenvalue weighted by Gasteiger charge is 2.10. The van der Waals surface area contributed by atoms with E-state index >= 15 is 0 Å². The first-order chi connectivity index (χ1) is 6.36. The molecular weight excluding hydrogens is 204 g/mol. The van der Waals surface area contributed by atoms with Gasteiger partial charge in [-0.15, -0.1) is 5.10 Å². The van der Waals surface area contributed by atoms with E-state index in [0.29, 0.717) is 6.42 Å². The quantitative estimate of drug-likeness (QED) is 0.845. The number of hydrogen-bond acceptors (Lipinski definition) is 5. The molecule has 1 unspecified atom stereocenters. The monoisotopic (exact) mass is 212 g/mol. The van der Waals surface area contributed by atoms with Gasteiger partial charge in [0, 0.05) is 11.8 Å². The summed E-state index contributed by atoms with van der Waals surface area (Å²) >= 11 is 2.90. The third kappa shape index (κ3) is 2.12. The molecule has 0 saturated carbocycles. The maximum absolute atomic E-state index is 9.72. The van der Waals surface area contributed by atoms with Crippen molar-refractivity contribution >= 4 is 22.9 Å². The molecule has 1 atom stereocenters.